The van der Waals surface area contributed by atoms with Crippen molar-refractivity contribution < 1.29 is 25.5 Å². The van der Waals surface area contributed by atoms with Crippen molar-refractivity contribution >= 4 is 6.08 Å². The number of aliphatic hydroxyl groups is 5. The first kappa shape index (κ1) is 16.4. The summed E-state index contributed by atoms with van der Waals surface area (Å²) in [7, 11) is 0. The van der Waals surface area contributed by atoms with Gasteiger partial charge in [-0.05, 0) is 18.1 Å². The highest BCUT2D eigenvalue weighted by molar-refractivity contribution is 5.51. The van der Waals surface area contributed by atoms with Gasteiger partial charge in [-0.2, -0.15) is 0 Å². The van der Waals surface area contributed by atoms with Crippen LogP contribution < -0.4 is 0 Å². The predicted molar refractivity (Wildman–Crippen MR) is 75.9 cm³/mol. The number of hydrogen-bond acceptors (Lipinski definition) is 5. The van der Waals surface area contributed by atoms with Crippen LogP contribution in [-0.2, 0) is 0 Å². The van der Waals surface area contributed by atoms with Gasteiger partial charge < -0.3 is 25.5 Å². The Morgan fingerprint density at radius 2 is 1.65 bits per heavy atom. The van der Waals surface area contributed by atoms with Crippen LogP contribution >= 0.6 is 0 Å². The van der Waals surface area contributed by atoms with E-state index in [4.69, 9.17) is 0 Å². The summed E-state index contributed by atoms with van der Waals surface area (Å²) in [6.45, 7) is 3.40. The number of benzene rings is 1. The molecule has 20 heavy (non-hydrogen) atoms. The van der Waals surface area contributed by atoms with Gasteiger partial charge in [0.2, 0.25) is 0 Å². The van der Waals surface area contributed by atoms with Gasteiger partial charge in [0, 0.05) is 0 Å². The first-order valence-electron chi connectivity index (χ1n) is 6.26. The van der Waals surface area contributed by atoms with Gasteiger partial charge >= 0.3 is 0 Å². The van der Waals surface area contributed by atoms with E-state index in [1.54, 1.807) is 30.3 Å². The SMILES string of the molecule is C=CCC(O)[C@H](O)[C@@H](O)[C@H](O)C(O)=Cc1ccccc1. The highest BCUT2D eigenvalue weighted by Crippen LogP contribution is 2.15. The summed E-state index contributed by atoms with van der Waals surface area (Å²) in [5, 5.41) is 48.4. The van der Waals surface area contributed by atoms with Crippen molar-refractivity contribution in [3.63, 3.8) is 0 Å². The third-order valence-electron chi connectivity index (χ3n) is 2.89. The Labute approximate surface area is 117 Å². The van der Waals surface area contributed by atoms with Crippen molar-refractivity contribution in [2.75, 3.05) is 0 Å². The summed E-state index contributed by atoms with van der Waals surface area (Å²) in [6.07, 6.45) is -3.52. The standard InChI is InChI=1S/C15H20O5/c1-2-6-11(16)13(18)15(20)14(19)12(17)9-10-7-4-3-5-8-10/h2-5,7-9,11,13-20H,1,6H2/t11?,13-,14+,15+/m0/s1. The molecule has 0 radical (unpaired) electrons. The average molecular weight is 280 g/mol. The Bertz CT molecular complexity index is 443. The fourth-order valence-corrected chi connectivity index (χ4v) is 1.70. The van der Waals surface area contributed by atoms with Crippen LogP contribution in [0.1, 0.15) is 12.0 Å². The number of aliphatic hydroxyl groups excluding tert-OH is 5. The molecule has 0 saturated carbocycles. The van der Waals surface area contributed by atoms with Gasteiger partial charge in [-0.3, -0.25) is 0 Å². The molecule has 0 aliphatic rings. The van der Waals surface area contributed by atoms with Gasteiger partial charge in [-0.25, -0.2) is 0 Å². The molecule has 0 fully saturated rings. The minimum atomic E-state index is -1.70. The summed E-state index contributed by atoms with van der Waals surface area (Å²) in [6, 6.07) is 8.72. The quantitative estimate of drug-likeness (QED) is 0.372. The summed E-state index contributed by atoms with van der Waals surface area (Å²) >= 11 is 0. The molecule has 0 saturated heterocycles. The molecule has 0 bridgehead atoms. The maximum Gasteiger partial charge on any atom is 0.139 e. The molecule has 0 aromatic heterocycles. The molecule has 1 unspecified atom stereocenters. The highest BCUT2D eigenvalue weighted by Gasteiger charge is 2.31. The molecule has 1 aromatic carbocycles. The van der Waals surface area contributed by atoms with E-state index in [-0.39, 0.29) is 6.42 Å². The molecule has 5 heteroatoms. The van der Waals surface area contributed by atoms with Crippen LogP contribution in [-0.4, -0.2) is 49.9 Å². The van der Waals surface area contributed by atoms with Crippen LogP contribution in [0.25, 0.3) is 6.08 Å². The molecule has 5 nitrogen and oxygen atoms in total. The van der Waals surface area contributed by atoms with E-state index in [1.165, 1.54) is 12.2 Å². The highest BCUT2D eigenvalue weighted by atomic mass is 16.4. The molecule has 0 spiro atoms. The normalized spacial score (nSPS) is 18.1. The molecule has 1 aromatic rings. The Morgan fingerprint density at radius 1 is 1.05 bits per heavy atom. The fourth-order valence-electron chi connectivity index (χ4n) is 1.70. The van der Waals surface area contributed by atoms with Crippen molar-refractivity contribution in [1.82, 2.24) is 0 Å². The molecule has 0 aliphatic carbocycles. The molecule has 1 rings (SSSR count). The van der Waals surface area contributed by atoms with Crippen molar-refractivity contribution in [1.29, 1.82) is 0 Å². The monoisotopic (exact) mass is 280 g/mol. The first-order chi connectivity index (χ1) is 9.47. The van der Waals surface area contributed by atoms with E-state index in [0.29, 0.717) is 5.56 Å². The van der Waals surface area contributed by atoms with Crippen LogP contribution in [0.5, 0.6) is 0 Å². The maximum absolute atomic E-state index is 9.77. The second kappa shape index (κ2) is 7.81. The van der Waals surface area contributed by atoms with Gasteiger partial charge in [-0.15, -0.1) is 6.58 Å². The third kappa shape index (κ3) is 4.47. The summed E-state index contributed by atoms with van der Waals surface area (Å²) in [5.74, 6) is -0.492. The Balaban J connectivity index is 2.75. The van der Waals surface area contributed by atoms with Gasteiger partial charge in [0.25, 0.3) is 0 Å². The lowest BCUT2D eigenvalue weighted by Gasteiger charge is -2.25. The van der Waals surface area contributed by atoms with Crippen LogP contribution in [0.15, 0.2) is 48.7 Å². The fraction of sp³-hybridized carbons (Fsp3) is 0.333. The van der Waals surface area contributed by atoms with E-state index >= 15 is 0 Å². The molecule has 5 N–H and O–H groups in total. The largest absolute Gasteiger partial charge is 0.509 e. The van der Waals surface area contributed by atoms with E-state index in [9.17, 15) is 25.5 Å². The predicted octanol–water partition coefficient (Wildman–Crippen LogP) is 0.605. The van der Waals surface area contributed by atoms with E-state index in [2.05, 4.69) is 6.58 Å². The van der Waals surface area contributed by atoms with E-state index in [1.807, 2.05) is 0 Å². The summed E-state index contributed by atoms with van der Waals surface area (Å²) < 4.78 is 0. The molecular weight excluding hydrogens is 260 g/mol. The minimum Gasteiger partial charge on any atom is -0.509 e. The lowest BCUT2D eigenvalue weighted by molar-refractivity contribution is -0.101. The first-order valence-corrected chi connectivity index (χ1v) is 6.26. The van der Waals surface area contributed by atoms with Gasteiger partial charge in [0.15, 0.2) is 0 Å². The summed E-state index contributed by atoms with van der Waals surface area (Å²) in [5.41, 5.74) is 0.636. The second-order valence-corrected chi connectivity index (χ2v) is 4.50. The van der Waals surface area contributed by atoms with Crippen LogP contribution in [0.2, 0.25) is 0 Å². The number of hydrogen-bond donors (Lipinski definition) is 5. The van der Waals surface area contributed by atoms with Gasteiger partial charge in [-0.1, -0.05) is 36.4 Å². The van der Waals surface area contributed by atoms with Crippen LogP contribution in [0.3, 0.4) is 0 Å². The molecule has 0 heterocycles. The number of rotatable bonds is 7. The Morgan fingerprint density at radius 3 is 2.20 bits per heavy atom. The average Bonchev–Trinajstić information content (AvgIpc) is 2.46. The van der Waals surface area contributed by atoms with Gasteiger partial charge in [0.1, 0.15) is 24.1 Å². The van der Waals surface area contributed by atoms with Crippen molar-refractivity contribution in [2.45, 2.75) is 30.8 Å². The lowest BCUT2D eigenvalue weighted by Crippen LogP contribution is -2.45. The lowest BCUT2D eigenvalue weighted by atomic mass is 9.99. The molecule has 4 atom stereocenters. The van der Waals surface area contributed by atoms with Crippen molar-refractivity contribution in [2.24, 2.45) is 0 Å². The van der Waals surface area contributed by atoms with Crippen molar-refractivity contribution in [3.05, 3.63) is 54.3 Å². The van der Waals surface area contributed by atoms with Gasteiger partial charge in [0.05, 0.1) is 6.10 Å². The third-order valence-corrected chi connectivity index (χ3v) is 2.89. The topological polar surface area (TPSA) is 101 Å². The van der Waals surface area contributed by atoms with Crippen molar-refractivity contribution in [3.8, 4) is 0 Å². The molecule has 0 aliphatic heterocycles. The minimum absolute atomic E-state index is 0.0636. The molecule has 110 valence electrons. The Hall–Kier alpha value is -1.66. The van der Waals surface area contributed by atoms with Crippen LogP contribution in [0.4, 0.5) is 0 Å². The molecule has 0 amide bonds. The maximum atomic E-state index is 9.77. The zero-order chi connectivity index (χ0) is 15.1. The second-order valence-electron chi connectivity index (χ2n) is 4.50. The van der Waals surface area contributed by atoms with E-state index in [0.717, 1.165) is 0 Å². The zero-order valence-corrected chi connectivity index (χ0v) is 11.0. The summed E-state index contributed by atoms with van der Waals surface area (Å²) in [4.78, 5) is 0. The van der Waals surface area contributed by atoms with Crippen LogP contribution in [0, 0.1) is 0 Å². The zero-order valence-electron chi connectivity index (χ0n) is 11.0. The molecular formula is C15H20O5. The smallest absolute Gasteiger partial charge is 0.139 e. The van der Waals surface area contributed by atoms with E-state index < -0.39 is 30.2 Å². The Kier molecular flexibility index (Phi) is 6.41.